The molecule has 0 aliphatic rings. The fourth-order valence-corrected chi connectivity index (χ4v) is 3.31. The van der Waals surface area contributed by atoms with E-state index < -0.39 is 5.97 Å². The molecule has 0 saturated carbocycles. The molecule has 156 valence electrons. The van der Waals surface area contributed by atoms with Gasteiger partial charge < -0.3 is 14.1 Å². The van der Waals surface area contributed by atoms with Crippen molar-refractivity contribution >= 4 is 22.8 Å². The van der Waals surface area contributed by atoms with Crippen LogP contribution in [-0.2, 0) is 16.1 Å². The predicted molar refractivity (Wildman–Crippen MR) is 117 cm³/mol. The summed E-state index contributed by atoms with van der Waals surface area (Å²) in [4.78, 5) is 31.5. The quantitative estimate of drug-likeness (QED) is 0.431. The van der Waals surface area contributed by atoms with Crippen LogP contribution in [0.2, 0.25) is 0 Å². The average Bonchev–Trinajstić information content (AvgIpc) is 3.21. The summed E-state index contributed by atoms with van der Waals surface area (Å²) in [6.45, 7) is 1.79. The van der Waals surface area contributed by atoms with Crippen LogP contribution in [0.3, 0.4) is 0 Å². The Balaban J connectivity index is 1.52. The third kappa shape index (κ3) is 4.64. The Morgan fingerprint density at radius 3 is 2.48 bits per heavy atom. The summed E-state index contributed by atoms with van der Waals surface area (Å²) < 4.78 is 10.9. The highest BCUT2D eigenvalue weighted by atomic mass is 16.5. The minimum absolute atomic E-state index is 0.306. The summed E-state index contributed by atoms with van der Waals surface area (Å²) in [6, 6.07) is 22.4. The molecule has 0 saturated heterocycles. The molecule has 4 aromatic rings. The van der Waals surface area contributed by atoms with Crippen molar-refractivity contribution in [3.05, 3.63) is 89.9 Å². The van der Waals surface area contributed by atoms with Crippen LogP contribution in [-0.4, -0.2) is 35.4 Å². The number of amides is 1. The maximum Gasteiger partial charge on any atom is 0.339 e. The van der Waals surface area contributed by atoms with Crippen molar-refractivity contribution in [2.45, 2.75) is 13.5 Å². The number of aryl methyl sites for hydroxylation is 1. The summed E-state index contributed by atoms with van der Waals surface area (Å²) in [5.41, 5.74) is 2.63. The maximum absolute atomic E-state index is 12.9. The smallest absolute Gasteiger partial charge is 0.339 e. The molecule has 31 heavy (non-hydrogen) atoms. The van der Waals surface area contributed by atoms with Gasteiger partial charge in [0.25, 0.3) is 5.91 Å². The summed E-state index contributed by atoms with van der Waals surface area (Å²) in [6.07, 6.45) is 0. The van der Waals surface area contributed by atoms with E-state index >= 15 is 0 Å². The number of carbonyl (C=O) groups excluding carboxylic acids is 2. The van der Waals surface area contributed by atoms with E-state index in [4.69, 9.17) is 9.15 Å². The average molecular weight is 414 g/mol. The molecule has 6 nitrogen and oxygen atoms in total. The second-order valence-corrected chi connectivity index (χ2v) is 7.28. The highest BCUT2D eigenvalue weighted by Crippen LogP contribution is 2.25. The van der Waals surface area contributed by atoms with Gasteiger partial charge in [0.2, 0.25) is 0 Å². The summed E-state index contributed by atoms with van der Waals surface area (Å²) in [7, 11) is 1.64. The van der Waals surface area contributed by atoms with Gasteiger partial charge in [-0.05, 0) is 31.2 Å². The van der Waals surface area contributed by atoms with Crippen molar-refractivity contribution < 1.29 is 18.7 Å². The number of furan rings is 1. The van der Waals surface area contributed by atoms with Gasteiger partial charge in [-0.15, -0.1) is 0 Å². The number of pyridine rings is 1. The van der Waals surface area contributed by atoms with Crippen molar-refractivity contribution in [1.29, 1.82) is 0 Å². The van der Waals surface area contributed by atoms with Gasteiger partial charge in [-0.25, -0.2) is 9.78 Å². The first kappa shape index (κ1) is 20.3. The number of carbonyl (C=O) groups is 2. The number of esters is 1. The van der Waals surface area contributed by atoms with Gasteiger partial charge in [0, 0.05) is 18.0 Å². The third-order valence-electron chi connectivity index (χ3n) is 4.95. The van der Waals surface area contributed by atoms with Gasteiger partial charge in [-0.2, -0.15) is 0 Å². The Morgan fingerprint density at radius 2 is 1.74 bits per heavy atom. The van der Waals surface area contributed by atoms with Crippen molar-refractivity contribution in [1.82, 2.24) is 9.88 Å². The highest BCUT2D eigenvalue weighted by molar-refractivity contribution is 6.05. The number of para-hydroxylation sites is 1. The normalized spacial score (nSPS) is 10.8. The number of hydrogen-bond acceptors (Lipinski definition) is 5. The molecule has 0 atom stereocenters. The lowest BCUT2D eigenvalue weighted by Crippen LogP contribution is -2.30. The zero-order chi connectivity index (χ0) is 21.8. The van der Waals surface area contributed by atoms with Gasteiger partial charge in [0.05, 0.1) is 23.3 Å². The molecule has 6 heteroatoms. The topological polar surface area (TPSA) is 72.6 Å². The lowest BCUT2D eigenvalue weighted by atomic mass is 10.0. The standard InChI is InChI=1S/C25H22N2O4/c1-17-12-13-19(31-17)15-27(2)24(28)16-30-25(29)21-14-23(18-8-4-3-5-9-18)26-22-11-7-6-10-20(21)22/h3-14H,15-16H2,1-2H3. The Bertz CT molecular complexity index is 1230. The lowest BCUT2D eigenvalue weighted by Gasteiger charge is -2.16. The molecule has 2 aromatic carbocycles. The molecule has 0 aliphatic heterocycles. The molecule has 0 N–H and O–H groups in total. The molecule has 1 amide bonds. The van der Waals surface area contributed by atoms with E-state index in [-0.39, 0.29) is 12.5 Å². The predicted octanol–water partition coefficient (Wildman–Crippen LogP) is 4.62. The fourth-order valence-electron chi connectivity index (χ4n) is 3.31. The van der Waals surface area contributed by atoms with Crippen LogP contribution in [0.1, 0.15) is 21.9 Å². The van der Waals surface area contributed by atoms with Crippen LogP contribution >= 0.6 is 0 Å². The van der Waals surface area contributed by atoms with E-state index in [1.165, 1.54) is 4.90 Å². The number of rotatable bonds is 6. The molecule has 2 aromatic heterocycles. The number of fused-ring (bicyclic) bond motifs is 1. The fraction of sp³-hybridized carbons (Fsp3) is 0.160. The first-order valence-electron chi connectivity index (χ1n) is 9.93. The molecule has 0 fully saturated rings. The molecule has 0 radical (unpaired) electrons. The summed E-state index contributed by atoms with van der Waals surface area (Å²) >= 11 is 0. The first-order valence-corrected chi connectivity index (χ1v) is 9.93. The number of benzene rings is 2. The van der Waals surface area contributed by atoms with Gasteiger partial charge in [-0.3, -0.25) is 4.79 Å². The summed E-state index contributed by atoms with van der Waals surface area (Å²) in [5.74, 6) is 0.573. The van der Waals surface area contributed by atoms with Gasteiger partial charge in [0.1, 0.15) is 11.5 Å². The Morgan fingerprint density at radius 1 is 1.00 bits per heavy atom. The van der Waals surface area contributed by atoms with E-state index in [1.54, 1.807) is 13.1 Å². The largest absolute Gasteiger partial charge is 0.464 e. The SMILES string of the molecule is Cc1ccc(CN(C)C(=O)COC(=O)c2cc(-c3ccccc3)nc3ccccc23)o1. The minimum Gasteiger partial charge on any atom is -0.464 e. The Hall–Kier alpha value is -3.93. The van der Waals surface area contributed by atoms with Crippen molar-refractivity contribution in [2.24, 2.45) is 0 Å². The van der Waals surface area contributed by atoms with Crippen molar-refractivity contribution in [3.8, 4) is 11.3 Å². The second-order valence-electron chi connectivity index (χ2n) is 7.28. The lowest BCUT2D eigenvalue weighted by molar-refractivity contribution is -0.133. The van der Waals surface area contributed by atoms with E-state index in [0.29, 0.717) is 34.5 Å². The number of likely N-dealkylation sites (N-methyl/N-ethyl adjacent to an activating group) is 1. The van der Waals surface area contributed by atoms with E-state index in [2.05, 4.69) is 4.98 Å². The van der Waals surface area contributed by atoms with Gasteiger partial charge in [0.15, 0.2) is 6.61 Å². The minimum atomic E-state index is -0.564. The highest BCUT2D eigenvalue weighted by Gasteiger charge is 2.18. The monoisotopic (exact) mass is 414 g/mol. The molecule has 0 aliphatic carbocycles. The summed E-state index contributed by atoms with van der Waals surface area (Å²) in [5, 5.41) is 0.680. The van der Waals surface area contributed by atoms with E-state index in [1.807, 2.05) is 73.7 Å². The van der Waals surface area contributed by atoms with Crippen LogP contribution in [0.25, 0.3) is 22.2 Å². The molecular weight excluding hydrogens is 392 g/mol. The first-order chi connectivity index (χ1) is 15.0. The van der Waals surface area contributed by atoms with Crippen LogP contribution in [0.15, 0.2) is 77.2 Å². The molecular formula is C25H22N2O4. The second kappa shape index (κ2) is 8.83. The van der Waals surface area contributed by atoms with Gasteiger partial charge in [-0.1, -0.05) is 48.5 Å². The Labute approximate surface area is 180 Å². The van der Waals surface area contributed by atoms with Crippen molar-refractivity contribution in [2.75, 3.05) is 13.7 Å². The van der Waals surface area contributed by atoms with E-state index in [0.717, 1.165) is 11.3 Å². The van der Waals surface area contributed by atoms with Gasteiger partial charge >= 0.3 is 5.97 Å². The molecule has 0 unspecified atom stereocenters. The van der Waals surface area contributed by atoms with Crippen LogP contribution in [0.4, 0.5) is 0 Å². The maximum atomic E-state index is 12.9. The zero-order valence-electron chi connectivity index (χ0n) is 17.4. The third-order valence-corrected chi connectivity index (χ3v) is 4.95. The molecule has 0 bridgehead atoms. The number of nitrogens with zero attached hydrogens (tertiary/aromatic N) is 2. The van der Waals surface area contributed by atoms with Crippen LogP contribution in [0, 0.1) is 6.92 Å². The van der Waals surface area contributed by atoms with Crippen LogP contribution < -0.4 is 0 Å². The molecule has 4 rings (SSSR count). The number of aromatic nitrogens is 1. The number of hydrogen-bond donors (Lipinski definition) is 0. The molecule has 2 heterocycles. The number of ether oxygens (including phenoxy) is 1. The molecule has 0 spiro atoms. The van der Waals surface area contributed by atoms with E-state index in [9.17, 15) is 9.59 Å². The van der Waals surface area contributed by atoms with Crippen LogP contribution in [0.5, 0.6) is 0 Å². The Kier molecular flexibility index (Phi) is 5.80. The zero-order valence-corrected chi connectivity index (χ0v) is 17.4. The van der Waals surface area contributed by atoms with Crippen molar-refractivity contribution in [3.63, 3.8) is 0 Å².